The Morgan fingerprint density at radius 3 is 2.42 bits per heavy atom. The number of rotatable bonds is 10. The number of nitrogens with one attached hydrogen (secondary N) is 3. The van der Waals surface area contributed by atoms with Gasteiger partial charge in [-0.2, -0.15) is 13.2 Å². The molecule has 19 heteroatoms. The predicted octanol–water partition coefficient (Wildman–Crippen LogP) is 4.54. The minimum atomic E-state index is -4.94. The molecule has 2 saturated carbocycles. The third-order valence-corrected chi connectivity index (χ3v) is 14.1. The van der Waals surface area contributed by atoms with E-state index in [1.165, 1.54) is 32.2 Å². The number of amides is 4. The van der Waals surface area contributed by atoms with E-state index in [4.69, 9.17) is 18.9 Å². The third kappa shape index (κ3) is 9.10. The quantitative estimate of drug-likeness (QED) is 0.285. The minimum Gasteiger partial charge on any atom is -0.494 e. The first-order valence-corrected chi connectivity index (χ1v) is 21.1. The fourth-order valence-electron chi connectivity index (χ4n) is 7.79. The lowest BCUT2D eigenvalue weighted by Crippen LogP contribution is -2.60. The van der Waals surface area contributed by atoms with Gasteiger partial charge in [-0.05, 0) is 71.3 Å². The molecule has 4 amide bonds. The van der Waals surface area contributed by atoms with E-state index in [0.29, 0.717) is 56.1 Å². The normalized spacial score (nSPS) is 29.1. The van der Waals surface area contributed by atoms with Crippen molar-refractivity contribution in [1.82, 2.24) is 25.2 Å². The summed E-state index contributed by atoms with van der Waals surface area (Å²) in [7, 11) is -1.21. The number of nitrogens with zero attached hydrogens (tertiary/aromatic N) is 2. The number of carbonyl (C=O) groups excluding carboxylic acids is 4. The van der Waals surface area contributed by atoms with Gasteiger partial charge in [0.25, 0.3) is 5.91 Å². The van der Waals surface area contributed by atoms with E-state index < -0.39 is 85.9 Å². The van der Waals surface area contributed by atoms with Crippen LogP contribution in [0.15, 0.2) is 42.6 Å². The van der Waals surface area contributed by atoms with Crippen LogP contribution in [-0.4, -0.2) is 110 Å². The van der Waals surface area contributed by atoms with E-state index in [9.17, 15) is 40.8 Å². The number of sulfonamides is 1. The zero-order valence-corrected chi connectivity index (χ0v) is 34.7. The molecule has 324 valence electrons. The van der Waals surface area contributed by atoms with Gasteiger partial charge in [0.2, 0.25) is 33.3 Å². The fraction of sp³-hybridized carbons (Fsp3) is 0.625. The number of benzene rings is 1. The van der Waals surface area contributed by atoms with Crippen molar-refractivity contribution < 1.29 is 59.7 Å². The molecule has 3 fully saturated rings. The second-order valence-corrected chi connectivity index (χ2v) is 19.1. The molecule has 59 heavy (non-hydrogen) atoms. The number of hydrogen-bond donors (Lipinski definition) is 3. The van der Waals surface area contributed by atoms with Crippen molar-refractivity contribution in [3.63, 3.8) is 0 Å². The highest BCUT2D eigenvalue weighted by molar-refractivity contribution is 7.91. The maximum absolute atomic E-state index is 14.9. The molecule has 7 atom stereocenters. The SMILES string of the molecule is COC[C@@H]1C[C@@H](C)CC/C=C\[C@H]2C[C@]2(C(=O)NS(=O)(=O)C2(C)CC2)NC(=O)[C@@H]2C[C@@H](Oc3ncc(OC)c4ccccc34)CN2C(=O)[C@H]1NC(=O)OC(C)(C)C(F)(F)F. The summed E-state index contributed by atoms with van der Waals surface area (Å²) in [4.78, 5) is 62.3. The van der Waals surface area contributed by atoms with Crippen LogP contribution in [0.3, 0.4) is 0 Å². The molecule has 0 radical (unpaired) electrons. The molecule has 6 rings (SSSR count). The number of aromatic nitrogens is 1. The molecule has 15 nitrogen and oxygen atoms in total. The Labute approximate surface area is 341 Å². The van der Waals surface area contributed by atoms with Gasteiger partial charge in [-0.25, -0.2) is 18.2 Å². The van der Waals surface area contributed by atoms with Gasteiger partial charge in [-0.15, -0.1) is 0 Å². The second-order valence-electron chi connectivity index (χ2n) is 16.9. The molecule has 0 spiro atoms. The molecule has 1 aromatic carbocycles. The van der Waals surface area contributed by atoms with Gasteiger partial charge in [0.1, 0.15) is 29.5 Å². The predicted molar refractivity (Wildman–Crippen MR) is 208 cm³/mol. The van der Waals surface area contributed by atoms with Gasteiger partial charge in [0.15, 0.2) is 0 Å². The van der Waals surface area contributed by atoms with Crippen molar-refractivity contribution in [3.05, 3.63) is 42.6 Å². The Hall–Kier alpha value is -4.65. The van der Waals surface area contributed by atoms with E-state index in [1.54, 1.807) is 30.3 Å². The van der Waals surface area contributed by atoms with Gasteiger partial charge in [-0.3, -0.25) is 19.1 Å². The molecule has 0 bridgehead atoms. The second kappa shape index (κ2) is 16.4. The van der Waals surface area contributed by atoms with Crippen LogP contribution in [0.4, 0.5) is 18.0 Å². The lowest BCUT2D eigenvalue weighted by Gasteiger charge is -2.35. The van der Waals surface area contributed by atoms with Crippen LogP contribution in [-0.2, 0) is 33.9 Å². The van der Waals surface area contributed by atoms with Crippen LogP contribution >= 0.6 is 0 Å². The van der Waals surface area contributed by atoms with E-state index >= 15 is 0 Å². The van der Waals surface area contributed by atoms with Crippen molar-refractivity contribution in [2.75, 3.05) is 27.4 Å². The number of pyridine rings is 1. The van der Waals surface area contributed by atoms with Crippen LogP contribution in [0.2, 0.25) is 0 Å². The molecule has 0 unspecified atom stereocenters. The van der Waals surface area contributed by atoms with Gasteiger partial charge in [0, 0.05) is 36.1 Å². The summed E-state index contributed by atoms with van der Waals surface area (Å²) in [5.41, 5.74) is -4.58. The lowest BCUT2D eigenvalue weighted by molar-refractivity contribution is -0.244. The number of ether oxygens (including phenoxy) is 4. The summed E-state index contributed by atoms with van der Waals surface area (Å²) in [6, 6.07) is 4.24. The Balaban J connectivity index is 1.38. The molecule has 2 aromatic rings. The number of alkyl carbamates (subject to hydrolysis) is 1. The Morgan fingerprint density at radius 2 is 1.78 bits per heavy atom. The van der Waals surface area contributed by atoms with Crippen LogP contribution in [0.25, 0.3) is 10.8 Å². The summed E-state index contributed by atoms with van der Waals surface area (Å²) in [5, 5.41) is 6.43. The first-order valence-electron chi connectivity index (χ1n) is 19.6. The molecule has 1 aromatic heterocycles. The molecule has 2 aliphatic heterocycles. The van der Waals surface area contributed by atoms with Crippen molar-refractivity contribution in [1.29, 1.82) is 0 Å². The first kappa shape index (κ1) is 43.9. The van der Waals surface area contributed by atoms with Crippen LogP contribution in [0.1, 0.15) is 72.6 Å². The maximum atomic E-state index is 14.9. The van der Waals surface area contributed by atoms with Crippen molar-refractivity contribution in [2.45, 2.75) is 113 Å². The van der Waals surface area contributed by atoms with Gasteiger partial charge >= 0.3 is 12.3 Å². The number of carbonyl (C=O) groups is 4. The topological polar surface area (TPSA) is 192 Å². The lowest BCUT2D eigenvalue weighted by atomic mass is 9.87. The highest BCUT2D eigenvalue weighted by Gasteiger charge is 2.63. The van der Waals surface area contributed by atoms with Crippen molar-refractivity contribution in [3.8, 4) is 11.6 Å². The first-order chi connectivity index (χ1) is 27.6. The molecular weight excluding hydrogens is 800 g/mol. The average Bonchev–Trinajstić information content (AvgIpc) is 4.04. The number of allylic oxidation sites excluding steroid dienone is 1. The number of alkyl halides is 3. The zero-order chi connectivity index (χ0) is 43.1. The Bertz CT molecular complexity index is 2090. The smallest absolute Gasteiger partial charge is 0.427 e. The standard InChI is InChI=1S/C40H52F3N5O10S/c1-23-11-7-8-12-25-19-39(25,35(51)47-59(53,54)38(4)15-16-38)46-32(49)29-18-26(57-33-28-14-10-9-13-27(28)30(56-6)20-44-33)21-48(29)34(50)31(24(17-23)22-55-5)45-36(52)58-37(2,3)40(41,42)43/h8-10,12-14,20,23-26,29,31H,7,11,15-19,21-22H2,1-6H3,(H,45,52)(H,46,49)(H,47,51)/b12-8-/t23-,24-,25-,26+,29-,31-,39-/m0/s1. The molecule has 3 N–H and O–H groups in total. The summed E-state index contributed by atoms with van der Waals surface area (Å²) in [5.74, 6) is -3.37. The molecule has 2 aliphatic carbocycles. The van der Waals surface area contributed by atoms with Gasteiger partial charge in [-0.1, -0.05) is 37.3 Å². The zero-order valence-electron chi connectivity index (χ0n) is 33.9. The van der Waals surface area contributed by atoms with Gasteiger partial charge < -0.3 is 34.5 Å². The van der Waals surface area contributed by atoms with E-state index in [-0.39, 0.29) is 44.2 Å². The third-order valence-electron chi connectivity index (χ3n) is 12.0. The Morgan fingerprint density at radius 1 is 1.08 bits per heavy atom. The monoisotopic (exact) mass is 851 g/mol. The van der Waals surface area contributed by atoms with E-state index in [1.807, 2.05) is 13.0 Å². The molecule has 4 aliphatic rings. The minimum absolute atomic E-state index is 0.0894. The van der Waals surface area contributed by atoms with Crippen molar-refractivity contribution >= 4 is 44.6 Å². The highest BCUT2D eigenvalue weighted by atomic mass is 32.2. The largest absolute Gasteiger partial charge is 0.494 e. The van der Waals surface area contributed by atoms with Gasteiger partial charge in [0.05, 0.1) is 31.2 Å². The summed E-state index contributed by atoms with van der Waals surface area (Å²) in [6.45, 7) is 4.47. The van der Waals surface area contributed by atoms with E-state index in [2.05, 4.69) is 20.3 Å². The molecule has 1 saturated heterocycles. The Kier molecular flexibility index (Phi) is 12.2. The summed E-state index contributed by atoms with van der Waals surface area (Å²) >= 11 is 0. The number of methoxy groups -OCH3 is 2. The molecule has 3 heterocycles. The fourth-order valence-corrected chi connectivity index (χ4v) is 9.10. The molecular formula is C40H52F3N5O10S. The summed E-state index contributed by atoms with van der Waals surface area (Å²) < 4.78 is 91.1. The van der Waals surface area contributed by atoms with Crippen LogP contribution in [0, 0.1) is 17.8 Å². The number of halogens is 3. The maximum Gasteiger partial charge on any atom is 0.427 e. The van der Waals surface area contributed by atoms with Crippen molar-refractivity contribution in [2.24, 2.45) is 17.8 Å². The van der Waals surface area contributed by atoms with Crippen LogP contribution in [0.5, 0.6) is 11.6 Å². The number of hydrogen-bond acceptors (Lipinski definition) is 11. The number of fused-ring (bicyclic) bond motifs is 3. The average molecular weight is 852 g/mol. The summed E-state index contributed by atoms with van der Waals surface area (Å²) in [6.07, 6.45) is -0.215. The van der Waals surface area contributed by atoms with Crippen LogP contribution < -0.4 is 24.8 Å². The highest BCUT2D eigenvalue weighted by Crippen LogP contribution is 2.48. The van der Waals surface area contributed by atoms with E-state index in [0.717, 1.165) is 0 Å².